The number of nitrogens with one attached hydrogen (secondary N) is 1. The van der Waals surface area contributed by atoms with Crippen LogP contribution in [0.5, 0.6) is 5.75 Å². The van der Waals surface area contributed by atoms with Crippen molar-refractivity contribution in [3.05, 3.63) is 64.9 Å². The Kier molecular flexibility index (Phi) is 6.52. The predicted octanol–water partition coefficient (Wildman–Crippen LogP) is 4.45. The molecule has 1 aromatic heterocycles. The highest BCUT2D eigenvalue weighted by atomic mass is 79.9. The van der Waals surface area contributed by atoms with Crippen molar-refractivity contribution in [2.24, 2.45) is 7.05 Å². The number of halogens is 1. The number of rotatable bonds is 7. The van der Waals surface area contributed by atoms with E-state index in [1.54, 1.807) is 0 Å². The number of ether oxygens (including phenoxy) is 1. The van der Waals surface area contributed by atoms with E-state index in [1.165, 1.54) is 11.8 Å². The van der Waals surface area contributed by atoms with Gasteiger partial charge >= 0.3 is 0 Å². The SMILES string of the molecule is C[C@H](Oc1ccccc1)c1nnc(SCC(=O)Nc2ccccc2Br)n1C. The molecule has 6 nitrogen and oxygen atoms in total. The van der Waals surface area contributed by atoms with Gasteiger partial charge in [-0.05, 0) is 47.1 Å². The number of benzene rings is 2. The van der Waals surface area contributed by atoms with Crippen LogP contribution in [0.4, 0.5) is 5.69 Å². The smallest absolute Gasteiger partial charge is 0.234 e. The minimum atomic E-state index is -0.256. The number of para-hydroxylation sites is 2. The highest BCUT2D eigenvalue weighted by Crippen LogP contribution is 2.24. The van der Waals surface area contributed by atoms with Crippen molar-refractivity contribution >= 4 is 39.3 Å². The summed E-state index contributed by atoms with van der Waals surface area (Å²) in [4.78, 5) is 12.2. The quantitative estimate of drug-likeness (QED) is 0.542. The van der Waals surface area contributed by atoms with Crippen LogP contribution in [0.2, 0.25) is 0 Å². The van der Waals surface area contributed by atoms with Crippen LogP contribution in [0.25, 0.3) is 0 Å². The summed E-state index contributed by atoms with van der Waals surface area (Å²) in [6.07, 6.45) is -0.256. The Morgan fingerprint density at radius 3 is 2.63 bits per heavy atom. The molecule has 1 heterocycles. The van der Waals surface area contributed by atoms with Crippen molar-refractivity contribution in [1.29, 1.82) is 0 Å². The average molecular weight is 447 g/mol. The van der Waals surface area contributed by atoms with Gasteiger partial charge in [0, 0.05) is 11.5 Å². The second-order valence-corrected chi connectivity index (χ2v) is 7.59. The molecule has 1 atom stereocenters. The third kappa shape index (κ3) is 5.11. The molecule has 0 aliphatic rings. The van der Waals surface area contributed by atoms with Gasteiger partial charge in [-0.25, -0.2) is 0 Å². The highest BCUT2D eigenvalue weighted by Gasteiger charge is 2.18. The summed E-state index contributed by atoms with van der Waals surface area (Å²) in [5, 5.41) is 11.9. The number of carbonyl (C=O) groups excluding carboxylic acids is 1. The van der Waals surface area contributed by atoms with E-state index in [0.29, 0.717) is 11.0 Å². The minimum absolute atomic E-state index is 0.106. The fourth-order valence-corrected chi connectivity index (χ4v) is 3.54. The molecule has 0 fully saturated rings. The fraction of sp³-hybridized carbons (Fsp3) is 0.211. The van der Waals surface area contributed by atoms with Crippen LogP contribution in [-0.4, -0.2) is 26.4 Å². The molecule has 0 aliphatic carbocycles. The lowest BCUT2D eigenvalue weighted by atomic mass is 10.3. The van der Waals surface area contributed by atoms with Gasteiger partial charge in [0.1, 0.15) is 5.75 Å². The Morgan fingerprint density at radius 2 is 1.89 bits per heavy atom. The topological polar surface area (TPSA) is 69.0 Å². The number of anilines is 1. The minimum Gasteiger partial charge on any atom is -0.483 e. The molecule has 0 aliphatic heterocycles. The van der Waals surface area contributed by atoms with E-state index in [0.717, 1.165) is 15.9 Å². The molecule has 0 radical (unpaired) electrons. The predicted molar refractivity (Wildman–Crippen MR) is 110 cm³/mol. The molecule has 2 aromatic carbocycles. The maximum absolute atomic E-state index is 12.2. The van der Waals surface area contributed by atoms with Gasteiger partial charge in [-0.15, -0.1) is 10.2 Å². The number of carbonyl (C=O) groups is 1. The van der Waals surface area contributed by atoms with Crippen molar-refractivity contribution in [3.63, 3.8) is 0 Å². The lowest BCUT2D eigenvalue weighted by Gasteiger charge is -2.14. The maximum atomic E-state index is 12.2. The molecule has 3 aromatic rings. The Hall–Kier alpha value is -2.32. The van der Waals surface area contributed by atoms with Crippen LogP contribution in [0.3, 0.4) is 0 Å². The molecule has 140 valence electrons. The average Bonchev–Trinajstić information content (AvgIpc) is 3.03. The normalized spacial score (nSPS) is 11.8. The lowest BCUT2D eigenvalue weighted by molar-refractivity contribution is -0.113. The van der Waals surface area contributed by atoms with E-state index < -0.39 is 0 Å². The molecule has 27 heavy (non-hydrogen) atoms. The molecule has 1 amide bonds. The molecule has 0 saturated heterocycles. The van der Waals surface area contributed by atoms with Crippen LogP contribution < -0.4 is 10.1 Å². The molecular formula is C19H19BrN4O2S. The zero-order chi connectivity index (χ0) is 19.2. The number of amides is 1. The summed E-state index contributed by atoms with van der Waals surface area (Å²) in [6, 6.07) is 17.1. The Bertz CT molecular complexity index is 917. The summed E-state index contributed by atoms with van der Waals surface area (Å²) in [5.41, 5.74) is 0.742. The number of nitrogens with zero attached hydrogens (tertiary/aromatic N) is 3. The molecule has 3 rings (SSSR count). The summed E-state index contributed by atoms with van der Waals surface area (Å²) in [7, 11) is 1.87. The second-order valence-electron chi connectivity index (χ2n) is 5.79. The van der Waals surface area contributed by atoms with E-state index in [9.17, 15) is 4.79 Å². The van der Waals surface area contributed by atoms with Crippen LogP contribution in [0, 0.1) is 0 Å². The second kappa shape index (κ2) is 9.05. The molecule has 8 heteroatoms. The molecule has 0 unspecified atom stereocenters. The molecule has 0 spiro atoms. The van der Waals surface area contributed by atoms with E-state index in [2.05, 4.69) is 31.4 Å². The van der Waals surface area contributed by atoms with Gasteiger partial charge in [0.25, 0.3) is 0 Å². The number of thioether (sulfide) groups is 1. The van der Waals surface area contributed by atoms with Gasteiger partial charge in [-0.1, -0.05) is 42.1 Å². The molecule has 0 bridgehead atoms. The van der Waals surface area contributed by atoms with E-state index in [4.69, 9.17) is 4.74 Å². The zero-order valence-electron chi connectivity index (χ0n) is 14.9. The Labute approximate surface area is 170 Å². The third-order valence-electron chi connectivity index (χ3n) is 3.77. The summed E-state index contributed by atoms with van der Waals surface area (Å²) in [6.45, 7) is 1.92. The van der Waals surface area contributed by atoms with Crippen LogP contribution in [-0.2, 0) is 11.8 Å². The van der Waals surface area contributed by atoms with E-state index in [-0.39, 0.29) is 17.8 Å². The summed E-state index contributed by atoms with van der Waals surface area (Å²) in [5.74, 6) is 1.61. The molecule has 0 saturated carbocycles. The van der Waals surface area contributed by atoms with E-state index >= 15 is 0 Å². The van der Waals surface area contributed by atoms with Crippen molar-refractivity contribution in [2.75, 3.05) is 11.1 Å². The summed E-state index contributed by atoms with van der Waals surface area (Å²) >= 11 is 4.75. The molecule has 1 N–H and O–H groups in total. The lowest BCUT2D eigenvalue weighted by Crippen LogP contribution is -2.15. The highest BCUT2D eigenvalue weighted by molar-refractivity contribution is 9.10. The van der Waals surface area contributed by atoms with Crippen molar-refractivity contribution < 1.29 is 9.53 Å². The van der Waals surface area contributed by atoms with Gasteiger partial charge in [0.15, 0.2) is 17.1 Å². The first kappa shape index (κ1) is 19.4. The van der Waals surface area contributed by atoms with Crippen molar-refractivity contribution in [2.45, 2.75) is 18.2 Å². The Balaban J connectivity index is 1.58. The van der Waals surface area contributed by atoms with Gasteiger partial charge in [0.05, 0.1) is 11.4 Å². The van der Waals surface area contributed by atoms with Gasteiger partial charge < -0.3 is 14.6 Å². The van der Waals surface area contributed by atoms with Crippen LogP contribution >= 0.6 is 27.7 Å². The largest absolute Gasteiger partial charge is 0.483 e. The monoisotopic (exact) mass is 446 g/mol. The van der Waals surface area contributed by atoms with Crippen LogP contribution in [0.1, 0.15) is 18.9 Å². The van der Waals surface area contributed by atoms with Gasteiger partial charge in [-0.2, -0.15) is 0 Å². The Morgan fingerprint density at radius 1 is 1.19 bits per heavy atom. The standard InChI is InChI=1S/C19H19BrN4O2S/c1-13(26-14-8-4-3-5-9-14)18-22-23-19(24(18)2)27-12-17(25)21-16-11-7-6-10-15(16)20/h3-11,13H,12H2,1-2H3,(H,21,25)/t13-/m0/s1. The van der Waals surface area contributed by atoms with Crippen LogP contribution in [0.15, 0.2) is 64.2 Å². The van der Waals surface area contributed by atoms with E-state index in [1.807, 2.05) is 73.1 Å². The number of hydrogen-bond acceptors (Lipinski definition) is 5. The third-order valence-corrected chi connectivity index (χ3v) is 5.48. The van der Waals surface area contributed by atoms with Crippen molar-refractivity contribution in [3.8, 4) is 5.75 Å². The first-order valence-corrected chi connectivity index (χ1v) is 10.1. The molecular weight excluding hydrogens is 428 g/mol. The fourth-order valence-electron chi connectivity index (χ4n) is 2.44. The first-order chi connectivity index (χ1) is 13.0. The summed E-state index contributed by atoms with van der Waals surface area (Å²) < 4.78 is 8.59. The van der Waals surface area contributed by atoms with Gasteiger partial charge in [0.2, 0.25) is 5.91 Å². The number of hydrogen-bond donors (Lipinski definition) is 1. The first-order valence-electron chi connectivity index (χ1n) is 8.32. The maximum Gasteiger partial charge on any atom is 0.234 e. The van der Waals surface area contributed by atoms with Crippen molar-refractivity contribution in [1.82, 2.24) is 14.8 Å². The van der Waals surface area contributed by atoms with Gasteiger partial charge in [-0.3, -0.25) is 4.79 Å². The number of aromatic nitrogens is 3. The zero-order valence-corrected chi connectivity index (χ0v) is 17.3.